The number of nitrogens with zero attached hydrogens (tertiary/aromatic N) is 2. The van der Waals surface area contributed by atoms with E-state index in [4.69, 9.17) is 0 Å². The average molecular weight is 335 g/mol. The highest BCUT2D eigenvalue weighted by Crippen LogP contribution is 2.55. The van der Waals surface area contributed by atoms with E-state index in [2.05, 4.69) is 39.0 Å². The average Bonchev–Trinajstić information content (AvgIpc) is 3.06. The van der Waals surface area contributed by atoms with E-state index in [1.54, 1.807) is 0 Å². The smallest absolute Gasteiger partial charge is 0.209 e. The summed E-state index contributed by atoms with van der Waals surface area (Å²) in [7, 11) is 0. The van der Waals surface area contributed by atoms with Crippen molar-refractivity contribution >= 4 is 17.3 Å². The molecule has 1 saturated carbocycles. The van der Waals surface area contributed by atoms with Gasteiger partial charge in [0.1, 0.15) is 0 Å². The summed E-state index contributed by atoms with van der Waals surface area (Å²) in [5, 5.41) is 1.41. The maximum absolute atomic E-state index is 11.7. The Kier molecular flexibility index (Phi) is 2.93. The SMILES string of the molecule is O=CN1CCC[C@H]2[C@@H]1[C@H]1CC[C@H]2N2CCc3c([nH]c4ccccc34)[C@H]12. The summed E-state index contributed by atoms with van der Waals surface area (Å²) in [5.74, 6) is 1.28. The van der Waals surface area contributed by atoms with Crippen molar-refractivity contribution < 1.29 is 4.79 Å². The van der Waals surface area contributed by atoms with Gasteiger partial charge in [-0.2, -0.15) is 0 Å². The van der Waals surface area contributed by atoms with Crippen molar-refractivity contribution in [1.82, 2.24) is 14.8 Å². The van der Waals surface area contributed by atoms with Gasteiger partial charge in [-0.05, 0) is 49.7 Å². The third-order valence-electron chi connectivity index (χ3n) is 7.59. The maximum Gasteiger partial charge on any atom is 0.209 e. The molecule has 3 saturated heterocycles. The summed E-state index contributed by atoms with van der Waals surface area (Å²) in [6.45, 7) is 2.14. The van der Waals surface area contributed by atoms with Crippen molar-refractivity contribution in [3.63, 3.8) is 0 Å². The number of amides is 1. The van der Waals surface area contributed by atoms with Gasteiger partial charge in [-0.15, -0.1) is 0 Å². The van der Waals surface area contributed by atoms with Crippen LogP contribution >= 0.6 is 0 Å². The van der Waals surface area contributed by atoms with Crippen molar-refractivity contribution in [3.05, 3.63) is 35.5 Å². The van der Waals surface area contributed by atoms with Gasteiger partial charge in [0.15, 0.2) is 0 Å². The summed E-state index contributed by atoms with van der Waals surface area (Å²) in [4.78, 5) is 20.5. The van der Waals surface area contributed by atoms with E-state index in [9.17, 15) is 4.79 Å². The van der Waals surface area contributed by atoms with E-state index in [0.29, 0.717) is 30.0 Å². The van der Waals surface area contributed by atoms with Crippen LogP contribution in [-0.4, -0.2) is 46.4 Å². The van der Waals surface area contributed by atoms with Crippen LogP contribution in [0, 0.1) is 11.8 Å². The molecule has 5 heterocycles. The van der Waals surface area contributed by atoms with Gasteiger partial charge in [0.25, 0.3) is 0 Å². The minimum atomic E-state index is 0.462. The van der Waals surface area contributed by atoms with Crippen LogP contribution in [0.25, 0.3) is 10.9 Å². The van der Waals surface area contributed by atoms with Crippen LogP contribution in [0.5, 0.6) is 0 Å². The topological polar surface area (TPSA) is 39.3 Å². The molecule has 4 heteroatoms. The summed E-state index contributed by atoms with van der Waals surface area (Å²) in [5.41, 5.74) is 4.27. The van der Waals surface area contributed by atoms with E-state index < -0.39 is 0 Å². The monoisotopic (exact) mass is 335 g/mol. The second-order valence-electron chi connectivity index (χ2n) is 8.44. The normalized spacial score (nSPS) is 36.8. The van der Waals surface area contributed by atoms with Gasteiger partial charge in [0, 0.05) is 47.7 Å². The van der Waals surface area contributed by atoms with Crippen molar-refractivity contribution in [3.8, 4) is 0 Å². The Morgan fingerprint density at radius 2 is 2.00 bits per heavy atom. The Balaban J connectivity index is 1.50. The number of rotatable bonds is 1. The lowest BCUT2D eigenvalue weighted by atomic mass is 9.61. The number of fused-ring (bicyclic) bond motifs is 4. The number of aromatic nitrogens is 1. The molecule has 0 unspecified atom stereocenters. The Bertz CT molecular complexity index is 843. The molecule has 1 aromatic carbocycles. The predicted octanol–water partition coefficient (Wildman–Crippen LogP) is 3.10. The molecule has 1 N–H and O–H groups in total. The van der Waals surface area contributed by atoms with Crippen molar-refractivity contribution in [1.29, 1.82) is 0 Å². The number of likely N-dealkylation sites (tertiary alicyclic amines) is 1. The molecule has 1 aliphatic carbocycles. The molecule has 4 nitrogen and oxygen atoms in total. The molecular formula is C21H25N3O. The largest absolute Gasteiger partial charge is 0.357 e. The van der Waals surface area contributed by atoms with E-state index in [1.165, 1.54) is 54.4 Å². The molecular weight excluding hydrogens is 310 g/mol. The highest BCUT2D eigenvalue weighted by atomic mass is 16.1. The highest BCUT2D eigenvalue weighted by Gasteiger charge is 2.57. The van der Waals surface area contributed by atoms with E-state index in [-0.39, 0.29) is 0 Å². The number of para-hydroxylation sites is 1. The second kappa shape index (κ2) is 5.10. The molecule has 5 aliphatic rings. The van der Waals surface area contributed by atoms with Gasteiger partial charge < -0.3 is 9.88 Å². The first-order valence-corrected chi connectivity index (χ1v) is 9.93. The lowest BCUT2D eigenvalue weighted by Gasteiger charge is -2.63. The number of carbonyl (C=O) groups is 1. The number of hydrogen-bond donors (Lipinski definition) is 1. The molecule has 1 aromatic heterocycles. The van der Waals surface area contributed by atoms with Crippen LogP contribution in [0.15, 0.2) is 24.3 Å². The maximum atomic E-state index is 11.7. The summed E-state index contributed by atoms with van der Waals surface area (Å²) in [6, 6.07) is 10.4. The number of piperidine rings is 3. The predicted molar refractivity (Wildman–Crippen MR) is 97.2 cm³/mol. The first kappa shape index (κ1) is 14.4. The van der Waals surface area contributed by atoms with Gasteiger partial charge in [0.05, 0.1) is 6.04 Å². The molecule has 2 bridgehead atoms. The number of H-pyrrole nitrogens is 1. The third-order valence-corrected chi connectivity index (χ3v) is 7.59. The zero-order valence-electron chi connectivity index (χ0n) is 14.5. The number of nitrogens with one attached hydrogen (secondary N) is 1. The number of aromatic amines is 1. The van der Waals surface area contributed by atoms with Gasteiger partial charge in [-0.1, -0.05) is 18.2 Å². The zero-order valence-corrected chi connectivity index (χ0v) is 14.5. The lowest BCUT2D eigenvalue weighted by Crippen LogP contribution is -2.67. The molecule has 1 amide bonds. The fourth-order valence-electron chi connectivity index (χ4n) is 6.81. The molecule has 25 heavy (non-hydrogen) atoms. The second-order valence-corrected chi connectivity index (χ2v) is 8.44. The minimum Gasteiger partial charge on any atom is -0.357 e. The fourth-order valence-corrected chi connectivity index (χ4v) is 6.81. The Morgan fingerprint density at radius 3 is 2.92 bits per heavy atom. The van der Waals surface area contributed by atoms with Crippen LogP contribution in [0.3, 0.4) is 0 Å². The summed E-state index contributed by atoms with van der Waals surface area (Å²) in [6.07, 6.45) is 7.37. The minimum absolute atomic E-state index is 0.462. The Morgan fingerprint density at radius 1 is 1.08 bits per heavy atom. The van der Waals surface area contributed by atoms with E-state index in [0.717, 1.165) is 19.4 Å². The first-order valence-electron chi connectivity index (χ1n) is 9.93. The van der Waals surface area contributed by atoms with Crippen LogP contribution in [0.2, 0.25) is 0 Å². The van der Waals surface area contributed by atoms with Gasteiger partial charge >= 0.3 is 0 Å². The standard InChI is InChI=1S/C21H25N3O/c25-12-23-10-3-5-15-18-8-7-16(20(15)23)21-19-14(9-11-24(18)21)13-4-1-2-6-17(13)22-19/h1-2,4,6,12,15-16,18,20-22H,3,5,7-11H2/t15-,16-,18-,20-,21+/m1/s1. The van der Waals surface area contributed by atoms with Crippen LogP contribution in [0.4, 0.5) is 0 Å². The molecule has 4 fully saturated rings. The Labute approximate surface area is 148 Å². The van der Waals surface area contributed by atoms with E-state index >= 15 is 0 Å². The van der Waals surface area contributed by atoms with Crippen molar-refractivity contribution in [2.24, 2.45) is 11.8 Å². The summed E-state index contributed by atoms with van der Waals surface area (Å²) >= 11 is 0. The van der Waals surface area contributed by atoms with Crippen molar-refractivity contribution in [2.45, 2.75) is 50.2 Å². The summed E-state index contributed by atoms with van der Waals surface area (Å²) < 4.78 is 0. The van der Waals surface area contributed by atoms with Crippen LogP contribution in [0.1, 0.15) is 43.0 Å². The fraction of sp³-hybridized carbons (Fsp3) is 0.571. The van der Waals surface area contributed by atoms with Gasteiger partial charge in [0.2, 0.25) is 6.41 Å². The first-order chi connectivity index (χ1) is 12.4. The van der Waals surface area contributed by atoms with Crippen LogP contribution in [-0.2, 0) is 11.2 Å². The lowest BCUT2D eigenvalue weighted by molar-refractivity contribution is -0.149. The van der Waals surface area contributed by atoms with E-state index in [1.807, 2.05) is 0 Å². The number of carbonyl (C=O) groups excluding carboxylic acids is 1. The quantitative estimate of drug-likeness (QED) is 0.814. The molecule has 130 valence electrons. The molecule has 7 rings (SSSR count). The van der Waals surface area contributed by atoms with Gasteiger partial charge in [-0.3, -0.25) is 9.69 Å². The number of benzene rings is 1. The van der Waals surface area contributed by atoms with Gasteiger partial charge in [-0.25, -0.2) is 0 Å². The molecule has 2 aromatic rings. The molecule has 4 aliphatic heterocycles. The molecule has 5 atom stereocenters. The zero-order chi connectivity index (χ0) is 16.5. The third kappa shape index (κ3) is 1.78. The van der Waals surface area contributed by atoms with Crippen LogP contribution < -0.4 is 0 Å². The molecule has 0 spiro atoms. The van der Waals surface area contributed by atoms with Crippen molar-refractivity contribution in [2.75, 3.05) is 13.1 Å². The highest BCUT2D eigenvalue weighted by molar-refractivity contribution is 5.85. The Hall–Kier alpha value is -1.81. The number of hydrogen-bond acceptors (Lipinski definition) is 2. The molecule has 0 radical (unpaired) electrons.